The second-order valence-electron chi connectivity index (χ2n) is 8.35. The molecule has 0 bridgehead atoms. The summed E-state index contributed by atoms with van der Waals surface area (Å²) in [5.74, 6) is 0.626. The normalized spacial score (nSPS) is 30.2. The third-order valence-corrected chi connectivity index (χ3v) is 7.59. The number of nitrogens with zero attached hydrogens (tertiary/aromatic N) is 2. The minimum Gasteiger partial charge on any atom is -0.354 e. The van der Waals surface area contributed by atoms with Crippen molar-refractivity contribution in [2.45, 2.75) is 81.6 Å². The Morgan fingerprint density at radius 3 is 2.70 bits per heavy atom. The van der Waals surface area contributed by atoms with E-state index in [2.05, 4.69) is 10.3 Å². The lowest BCUT2D eigenvalue weighted by atomic mass is 9.89. The van der Waals surface area contributed by atoms with Crippen LogP contribution in [0.1, 0.15) is 70.6 Å². The lowest BCUT2D eigenvalue weighted by molar-refractivity contribution is -0.155. The molecule has 6 nitrogen and oxygen atoms in total. The van der Waals surface area contributed by atoms with Crippen LogP contribution in [0, 0.1) is 5.92 Å². The lowest BCUT2D eigenvalue weighted by Gasteiger charge is -2.40. The van der Waals surface area contributed by atoms with E-state index in [0.29, 0.717) is 24.2 Å². The Bertz CT molecular complexity index is 597. The molecule has 2 saturated heterocycles. The minimum atomic E-state index is -0.396. The van der Waals surface area contributed by atoms with Gasteiger partial charge < -0.3 is 15.0 Å². The summed E-state index contributed by atoms with van der Waals surface area (Å²) in [6.07, 6.45) is 12.0. The summed E-state index contributed by atoms with van der Waals surface area (Å²) in [5, 5.41) is 3.23. The van der Waals surface area contributed by atoms with Gasteiger partial charge in [0.25, 0.3) is 0 Å². The standard InChI is InChI=1S/C20H31N3O3S/c24-17(23-11-12-26-20(23)9-5-2-6-10-20)13-16-18(25)22-19(27-16)21-14-15-7-3-1-4-8-15/h15-16H,1-14H2,(H,21,22,25). The fourth-order valence-electron chi connectivity index (χ4n) is 4.94. The third kappa shape index (κ3) is 4.34. The summed E-state index contributed by atoms with van der Waals surface area (Å²) in [7, 11) is 0. The number of aliphatic imine (C=N–C) groups is 1. The second kappa shape index (κ2) is 8.52. The van der Waals surface area contributed by atoms with Gasteiger partial charge in [0, 0.05) is 19.5 Å². The molecule has 2 aliphatic carbocycles. The molecular formula is C20H31N3O3S. The number of hydrogen-bond donors (Lipinski definition) is 1. The molecule has 1 N–H and O–H groups in total. The van der Waals surface area contributed by atoms with E-state index in [1.807, 2.05) is 4.90 Å². The van der Waals surface area contributed by atoms with E-state index in [4.69, 9.17) is 4.74 Å². The summed E-state index contributed by atoms with van der Waals surface area (Å²) < 4.78 is 6.01. The summed E-state index contributed by atoms with van der Waals surface area (Å²) >= 11 is 1.43. The first-order valence-electron chi connectivity index (χ1n) is 10.6. The van der Waals surface area contributed by atoms with E-state index >= 15 is 0 Å². The van der Waals surface area contributed by atoms with Crippen LogP contribution in [0.3, 0.4) is 0 Å². The Kier molecular flexibility index (Phi) is 6.07. The zero-order valence-electron chi connectivity index (χ0n) is 16.1. The van der Waals surface area contributed by atoms with Crippen molar-refractivity contribution in [2.75, 3.05) is 19.7 Å². The minimum absolute atomic E-state index is 0.0515. The summed E-state index contributed by atoms with van der Waals surface area (Å²) in [5.41, 5.74) is -0.396. The van der Waals surface area contributed by atoms with Crippen LogP contribution in [0.5, 0.6) is 0 Å². The smallest absolute Gasteiger partial charge is 0.240 e. The fourth-order valence-corrected chi connectivity index (χ4v) is 5.91. The van der Waals surface area contributed by atoms with Crippen LogP contribution in [0.15, 0.2) is 4.99 Å². The van der Waals surface area contributed by atoms with Gasteiger partial charge in [-0.3, -0.25) is 14.6 Å². The Labute approximate surface area is 165 Å². The van der Waals surface area contributed by atoms with Crippen LogP contribution in [0.4, 0.5) is 0 Å². The Morgan fingerprint density at radius 1 is 1.19 bits per heavy atom. The molecular weight excluding hydrogens is 362 g/mol. The molecule has 2 heterocycles. The number of amidine groups is 1. The van der Waals surface area contributed by atoms with Gasteiger partial charge in [0.05, 0.1) is 6.61 Å². The average Bonchev–Trinajstić information content (AvgIpc) is 3.25. The number of carbonyl (C=O) groups excluding carboxylic acids is 2. The second-order valence-corrected chi connectivity index (χ2v) is 9.54. The van der Waals surface area contributed by atoms with Gasteiger partial charge in [-0.2, -0.15) is 0 Å². The molecule has 1 spiro atoms. The summed E-state index contributed by atoms with van der Waals surface area (Å²) in [4.78, 5) is 31.8. The number of amides is 2. The Morgan fingerprint density at radius 2 is 1.93 bits per heavy atom. The SMILES string of the molecule is O=C1NC(=NCC2CCCCC2)SC1CC(=O)N1CCOC12CCCCC2. The Balaban J connectivity index is 1.32. The maximum Gasteiger partial charge on any atom is 0.240 e. The van der Waals surface area contributed by atoms with Crippen molar-refractivity contribution >= 4 is 28.7 Å². The molecule has 0 radical (unpaired) electrons. The van der Waals surface area contributed by atoms with Crippen molar-refractivity contribution in [3.05, 3.63) is 0 Å². The van der Waals surface area contributed by atoms with Gasteiger partial charge in [0.2, 0.25) is 11.8 Å². The van der Waals surface area contributed by atoms with Gasteiger partial charge >= 0.3 is 0 Å². The van der Waals surface area contributed by atoms with E-state index in [1.54, 1.807) is 0 Å². The molecule has 4 rings (SSSR count). The number of thioether (sulfide) groups is 1. The van der Waals surface area contributed by atoms with E-state index in [9.17, 15) is 9.59 Å². The molecule has 27 heavy (non-hydrogen) atoms. The highest BCUT2D eigenvalue weighted by atomic mass is 32.2. The highest BCUT2D eigenvalue weighted by molar-refractivity contribution is 8.15. The molecule has 1 atom stereocenters. The highest BCUT2D eigenvalue weighted by Crippen LogP contribution is 2.39. The highest BCUT2D eigenvalue weighted by Gasteiger charge is 2.46. The molecule has 0 aromatic rings. The predicted octanol–water partition coefficient (Wildman–Crippen LogP) is 3.06. The summed E-state index contributed by atoms with van der Waals surface area (Å²) in [6, 6.07) is 0. The molecule has 150 valence electrons. The first-order valence-corrected chi connectivity index (χ1v) is 11.5. The molecule has 7 heteroatoms. The van der Waals surface area contributed by atoms with E-state index in [0.717, 1.165) is 32.2 Å². The first-order chi connectivity index (χ1) is 13.2. The number of rotatable bonds is 4. The van der Waals surface area contributed by atoms with Crippen LogP contribution >= 0.6 is 11.8 Å². The molecule has 2 aliphatic heterocycles. The van der Waals surface area contributed by atoms with Crippen LogP contribution in [-0.2, 0) is 14.3 Å². The average molecular weight is 394 g/mol. The molecule has 0 aromatic heterocycles. The maximum absolute atomic E-state index is 12.9. The molecule has 4 fully saturated rings. The number of hydrogen-bond acceptors (Lipinski definition) is 5. The number of nitrogens with one attached hydrogen (secondary N) is 1. The zero-order chi connectivity index (χ0) is 18.7. The maximum atomic E-state index is 12.9. The monoisotopic (exact) mass is 393 g/mol. The molecule has 0 aromatic carbocycles. The van der Waals surface area contributed by atoms with Gasteiger partial charge in [-0.1, -0.05) is 37.4 Å². The summed E-state index contributed by atoms with van der Waals surface area (Å²) in [6.45, 7) is 2.07. The van der Waals surface area contributed by atoms with Crippen LogP contribution < -0.4 is 5.32 Å². The van der Waals surface area contributed by atoms with Crippen molar-refractivity contribution in [3.8, 4) is 0 Å². The fraction of sp³-hybridized carbons (Fsp3) is 0.850. The zero-order valence-corrected chi connectivity index (χ0v) is 16.9. The van der Waals surface area contributed by atoms with Crippen molar-refractivity contribution < 1.29 is 14.3 Å². The van der Waals surface area contributed by atoms with Crippen molar-refractivity contribution in [3.63, 3.8) is 0 Å². The van der Waals surface area contributed by atoms with Crippen molar-refractivity contribution in [1.82, 2.24) is 10.2 Å². The molecule has 4 aliphatic rings. The number of carbonyl (C=O) groups is 2. The van der Waals surface area contributed by atoms with Crippen molar-refractivity contribution in [1.29, 1.82) is 0 Å². The first kappa shape index (κ1) is 19.2. The number of ether oxygens (including phenoxy) is 1. The van der Waals surface area contributed by atoms with Crippen LogP contribution in [0.25, 0.3) is 0 Å². The van der Waals surface area contributed by atoms with Crippen molar-refractivity contribution in [2.24, 2.45) is 10.9 Å². The van der Waals surface area contributed by atoms with E-state index < -0.39 is 5.72 Å². The van der Waals surface area contributed by atoms with Crippen LogP contribution in [-0.4, -0.2) is 52.6 Å². The predicted molar refractivity (Wildman–Crippen MR) is 106 cm³/mol. The third-order valence-electron chi connectivity index (χ3n) is 6.47. The van der Waals surface area contributed by atoms with E-state index in [-0.39, 0.29) is 23.5 Å². The lowest BCUT2D eigenvalue weighted by Crippen LogP contribution is -2.50. The van der Waals surface area contributed by atoms with Crippen LogP contribution in [0.2, 0.25) is 0 Å². The Hall–Kier alpha value is -1.08. The largest absolute Gasteiger partial charge is 0.354 e. The van der Waals surface area contributed by atoms with Gasteiger partial charge in [0.1, 0.15) is 11.0 Å². The van der Waals surface area contributed by atoms with Gasteiger partial charge in [-0.15, -0.1) is 0 Å². The van der Waals surface area contributed by atoms with Gasteiger partial charge in [-0.25, -0.2) is 0 Å². The molecule has 1 unspecified atom stereocenters. The van der Waals surface area contributed by atoms with Gasteiger partial charge in [-0.05, 0) is 44.4 Å². The van der Waals surface area contributed by atoms with Gasteiger partial charge in [0.15, 0.2) is 5.17 Å². The quantitative estimate of drug-likeness (QED) is 0.797. The van der Waals surface area contributed by atoms with E-state index in [1.165, 1.54) is 50.3 Å². The topological polar surface area (TPSA) is 71.0 Å². The molecule has 2 amide bonds. The molecule has 2 saturated carbocycles.